The zero-order valence-electron chi connectivity index (χ0n) is 5.63. The van der Waals surface area contributed by atoms with Crippen molar-refractivity contribution in [1.29, 1.82) is 0 Å². The zero-order valence-corrected chi connectivity index (χ0v) is 5.63. The Morgan fingerprint density at radius 1 is 1.56 bits per heavy atom. The van der Waals surface area contributed by atoms with E-state index in [0.29, 0.717) is 5.75 Å². The van der Waals surface area contributed by atoms with Gasteiger partial charge in [0.25, 0.3) is 0 Å². The molecule has 0 radical (unpaired) electrons. The lowest BCUT2D eigenvalue weighted by atomic mass is 10.3. The molecule has 1 N–H and O–H groups in total. The van der Waals surface area contributed by atoms with E-state index in [2.05, 4.69) is 0 Å². The second-order valence-electron chi connectivity index (χ2n) is 2.09. The average Bonchev–Trinajstić information content (AvgIpc) is 1.83. The Balaban J connectivity index is 3.25. The fourth-order valence-electron chi connectivity index (χ4n) is 0.676. The summed E-state index contributed by atoms with van der Waals surface area (Å²) in [5, 5.41) is 9.08. The third-order valence-electron chi connectivity index (χ3n) is 1.46. The van der Waals surface area contributed by atoms with Gasteiger partial charge in [0.05, 0.1) is 0 Å². The van der Waals surface area contributed by atoms with Crippen LogP contribution in [-0.2, 0) is 7.05 Å². The van der Waals surface area contributed by atoms with Gasteiger partial charge in [0.15, 0.2) is 11.9 Å². The molecule has 0 aliphatic rings. The van der Waals surface area contributed by atoms with Gasteiger partial charge in [-0.3, -0.25) is 0 Å². The van der Waals surface area contributed by atoms with Crippen LogP contribution >= 0.6 is 0 Å². The summed E-state index contributed by atoms with van der Waals surface area (Å²) < 4.78 is 1.87. The van der Waals surface area contributed by atoms with Crippen LogP contribution < -0.4 is 4.57 Å². The number of hydrogen-bond donors (Lipinski definition) is 1. The summed E-state index contributed by atoms with van der Waals surface area (Å²) in [7, 11) is 1.90. The fraction of sp³-hybridized carbons (Fsp3) is 0.286. The van der Waals surface area contributed by atoms with E-state index in [9.17, 15) is 0 Å². The molecular weight excluding hydrogens is 114 g/mol. The van der Waals surface area contributed by atoms with E-state index in [-0.39, 0.29) is 0 Å². The summed E-state index contributed by atoms with van der Waals surface area (Å²) >= 11 is 0. The Labute approximate surface area is 54.4 Å². The summed E-state index contributed by atoms with van der Waals surface area (Å²) in [5.41, 5.74) is 0.887. The van der Waals surface area contributed by atoms with Crippen LogP contribution in [0.2, 0.25) is 0 Å². The second kappa shape index (κ2) is 2.05. The van der Waals surface area contributed by atoms with Crippen LogP contribution in [0, 0.1) is 6.92 Å². The number of aryl methyl sites for hydroxylation is 1. The van der Waals surface area contributed by atoms with Crippen molar-refractivity contribution in [2.24, 2.45) is 7.05 Å². The van der Waals surface area contributed by atoms with Crippen LogP contribution in [0.25, 0.3) is 0 Å². The molecule has 1 aromatic rings. The van der Waals surface area contributed by atoms with Crippen LogP contribution in [0.15, 0.2) is 18.3 Å². The molecule has 0 atom stereocenters. The molecule has 0 saturated heterocycles. The lowest BCUT2D eigenvalue weighted by Crippen LogP contribution is -2.30. The lowest BCUT2D eigenvalue weighted by molar-refractivity contribution is -0.678. The Kier molecular flexibility index (Phi) is 1.39. The van der Waals surface area contributed by atoms with E-state index in [1.165, 1.54) is 0 Å². The van der Waals surface area contributed by atoms with E-state index in [4.69, 9.17) is 5.11 Å². The predicted molar refractivity (Wildman–Crippen MR) is 34.0 cm³/mol. The Hall–Kier alpha value is -1.05. The fourth-order valence-corrected chi connectivity index (χ4v) is 0.676. The summed E-state index contributed by atoms with van der Waals surface area (Å²) in [6.45, 7) is 1.87. The molecular formula is C7H10NO+. The highest BCUT2D eigenvalue weighted by atomic mass is 16.3. The van der Waals surface area contributed by atoms with Crippen LogP contribution in [0.5, 0.6) is 5.75 Å². The predicted octanol–water partition coefficient (Wildman–Crippen LogP) is 0.525. The van der Waals surface area contributed by atoms with E-state index in [1.54, 1.807) is 6.07 Å². The van der Waals surface area contributed by atoms with Crippen molar-refractivity contribution in [3.63, 3.8) is 0 Å². The van der Waals surface area contributed by atoms with E-state index < -0.39 is 0 Å². The molecule has 0 saturated carbocycles. The number of hydrogen-bond acceptors (Lipinski definition) is 1. The SMILES string of the molecule is Cc1c(O)ccc[n+]1C. The van der Waals surface area contributed by atoms with Crippen LogP contribution in [0.4, 0.5) is 0 Å². The first-order valence-corrected chi connectivity index (χ1v) is 2.86. The van der Waals surface area contributed by atoms with Crippen LogP contribution in [-0.4, -0.2) is 5.11 Å². The van der Waals surface area contributed by atoms with Gasteiger partial charge in [-0.2, -0.15) is 0 Å². The van der Waals surface area contributed by atoms with Gasteiger partial charge in [-0.25, -0.2) is 4.57 Å². The number of aromatic hydroxyl groups is 1. The zero-order chi connectivity index (χ0) is 6.85. The van der Waals surface area contributed by atoms with Gasteiger partial charge < -0.3 is 5.11 Å². The summed E-state index contributed by atoms with van der Waals surface area (Å²) in [5.74, 6) is 0.347. The minimum absolute atomic E-state index is 0.347. The Morgan fingerprint density at radius 2 is 2.22 bits per heavy atom. The third-order valence-corrected chi connectivity index (χ3v) is 1.46. The van der Waals surface area contributed by atoms with Crippen molar-refractivity contribution in [1.82, 2.24) is 0 Å². The van der Waals surface area contributed by atoms with Crippen LogP contribution in [0.3, 0.4) is 0 Å². The molecule has 0 aliphatic heterocycles. The summed E-state index contributed by atoms with van der Waals surface area (Å²) in [4.78, 5) is 0. The molecule has 2 nitrogen and oxygen atoms in total. The molecule has 1 heterocycles. The molecule has 0 spiro atoms. The molecule has 0 fully saturated rings. The molecule has 0 amide bonds. The first kappa shape index (κ1) is 6.08. The number of rotatable bonds is 0. The normalized spacial score (nSPS) is 9.56. The number of pyridine rings is 1. The van der Waals surface area contributed by atoms with Crippen molar-refractivity contribution >= 4 is 0 Å². The maximum Gasteiger partial charge on any atom is 0.220 e. The molecule has 0 bridgehead atoms. The summed E-state index contributed by atoms with van der Waals surface area (Å²) in [6.07, 6.45) is 1.90. The van der Waals surface area contributed by atoms with Gasteiger partial charge in [0.2, 0.25) is 5.69 Å². The van der Waals surface area contributed by atoms with Gasteiger partial charge >= 0.3 is 0 Å². The van der Waals surface area contributed by atoms with E-state index in [0.717, 1.165) is 5.69 Å². The standard InChI is InChI=1S/C7H9NO/c1-6-7(9)4-3-5-8(6)2/h3-5H,1-2H3/p+1. The van der Waals surface area contributed by atoms with Gasteiger partial charge in [-0.15, -0.1) is 0 Å². The van der Waals surface area contributed by atoms with Gasteiger partial charge in [0.1, 0.15) is 7.05 Å². The van der Waals surface area contributed by atoms with Gasteiger partial charge in [0, 0.05) is 13.0 Å². The smallest absolute Gasteiger partial charge is 0.220 e. The number of aromatic nitrogens is 1. The second-order valence-corrected chi connectivity index (χ2v) is 2.09. The van der Waals surface area contributed by atoms with E-state index in [1.807, 2.05) is 30.8 Å². The largest absolute Gasteiger partial charge is 0.503 e. The lowest BCUT2D eigenvalue weighted by Gasteiger charge is -1.93. The topological polar surface area (TPSA) is 24.1 Å². The molecule has 9 heavy (non-hydrogen) atoms. The molecule has 0 aliphatic carbocycles. The highest BCUT2D eigenvalue weighted by Gasteiger charge is 2.02. The molecule has 1 aromatic heterocycles. The van der Waals surface area contributed by atoms with Crippen molar-refractivity contribution in [3.05, 3.63) is 24.0 Å². The van der Waals surface area contributed by atoms with Crippen LogP contribution in [0.1, 0.15) is 5.69 Å². The molecule has 0 aromatic carbocycles. The Bertz CT molecular complexity index is 200. The van der Waals surface area contributed by atoms with Crippen molar-refractivity contribution in [3.8, 4) is 5.75 Å². The maximum absolute atomic E-state index is 9.08. The van der Waals surface area contributed by atoms with Crippen molar-refractivity contribution in [2.45, 2.75) is 6.92 Å². The average molecular weight is 124 g/mol. The van der Waals surface area contributed by atoms with Gasteiger partial charge in [-0.05, 0) is 6.07 Å². The first-order chi connectivity index (χ1) is 4.22. The quantitative estimate of drug-likeness (QED) is 0.501. The van der Waals surface area contributed by atoms with E-state index >= 15 is 0 Å². The first-order valence-electron chi connectivity index (χ1n) is 2.86. The molecule has 0 unspecified atom stereocenters. The maximum atomic E-state index is 9.08. The Morgan fingerprint density at radius 3 is 2.67 bits per heavy atom. The highest BCUT2D eigenvalue weighted by Crippen LogP contribution is 2.07. The minimum atomic E-state index is 0.347. The van der Waals surface area contributed by atoms with Crippen molar-refractivity contribution < 1.29 is 9.67 Å². The minimum Gasteiger partial charge on any atom is -0.503 e. The molecule has 48 valence electrons. The molecule has 1 rings (SSSR count). The highest BCUT2D eigenvalue weighted by molar-refractivity contribution is 5.18. The monoisotopic (exact) mass is 124 g/mol. The third kappa shape index (κ3) is 1.02. The van der Waals surface area contributed by atoms with Gasteiger partial charge in [-0.1, -0.05) is 0 Å². The molecule has 2 heteroatoms. The number of nitrogens with zero attached hydrogens (tertiary/aromatic N) is 1. The van der Waals surface area contributed by atoms with Crippen molar-refractivity contribution in [2.75, 3.05) is 0 Å². The summed E-state index contributed by atoms with van der Waals surface area (Å²) in [6, 6.07) is 3.48.